The minimum atomic E-state index is -2.88. The third-order valence-electron chi connectivity index (χ3n) is 2.83. The zero-order chi connectivity index (χ0) is 12.3. The molecule has 1 aliphatic rings. The molecule has 17 heavy (non-hydrogen) atoms. The second-order valence-corrected chi connectivity index (χ2v) is 5.01. The Balaban J connectivity index is 1.80. The normalized spacial score (nSPS) is 17.7. The van der Waals surface area contributed by atoms with E-state index in [0.717, 1.165) is 6.54 Å². The lowest BCUT2D eigenvalue weighted by atomic mass is 10.3. The predicted octanol–water partition coefficient (Wildman–Crippen LogP) is 1.66. The zero-order valence-electron chi connectivity index (χ0n) is 9.31. The van der Waals surface area contributed by atoms with E-state index in [9.17, 15) is 13.6 Å². The highest BCUT2D eigenvalue weighted by molar-refractivity contribution is 7.09. The number of hydrogen-bond donors (Lipinski definition) is 0. The van der Waals surface area contributed by atoms with Gasteiger partial charge in [0.1, 0.15) is 0 Å². The number of nitrogens with zero attached hydrogens (tertiary/aromatic N) is 2. The van der Waals surface area contributed by atoms with Crippen molar-refractivity contribution in [2.75, 3.05) is 26.2 Å². The molecule has 3 nitrogen and oxygen atoms in total. The monoisotopic (exact) mass is 260 g/mol. The van der Waals surface area contributed by atoms with Crippen LogP contribution < -0.4 is 0 Å². The first kappa shape index (κ1) is 12.4. The molecule has 1 saturated heterocycles. The molecular weight excluding hydrogens is 246 g/mol. The van der Waals surface area contributed by atoms with E-state index in [1.165, 1.54) is 9.78 Å². The molecule has 0 saturated carbocycles. The van der Waals surface area contributed by atoms with Gasteiger partial charge in [0.2, 0.25) is 0 Å². The Labute approximate surface area is 103 Å². The van der Waals surface area contributed by atoms with E-state index < -0.39 is 12.3 Å². The molecule has 0 unspecified atom stereocenters. The van der Waals surface area contributed by atoms with Crippen LogP contribution in [-0.2, 0) is 11.3 Å². The van der Waals surface area contributed by atoms with Crippen molar-refractivity contribution in [3.63, 3.8) is 0 Å². The van der Waals surface area contributed by atoms with Crippen LogP contribution in [0.5, 0.6) is 0 Å². The molecule has 0 spiro atoms. The first-order chi connectivity index (χ1) is 8.16. The van der Waals surface area contributed by atoms with E-state index in [4.69, 9.17) is 0 Å². The van der Waals surface area contributed by atoms with E-state index in [0.29, 0.717) is 26.2 Å². The van der Waals surface area contributed by atoms with Gasteiger partial charge in [-0.1, -0.05) is 6.07 Å². The van der Waals surface area contributed by atoms with Crippen LogP contribution in [-0.4, -0.2) is 48.3 Å². The van der Waals surface area contributed by atoms with Gasteiger partial charge in [-0.05, 0) is 11.4 Å². The number of rotatable bonds is 3. The highest BCUT2D eigenvalue weighted by Crippen LogP contribution is 2.14. The molecule has 0 aromatic carbocycles. The fourth-order valence-corrected chi connectivity index (χ4v) is 2.63. The summed E-state index contributed by atoms with van der Waals surface area (Å²) in [5.41, 5.74) is 0. The van der Waals surface area contributed by atoms with E-state index in [1.807, 2.05) is 11.4 Å². The third kappa shape index (κ3) is 3.23. The smallest absolute Gasteiger partial charge is 0.315 e. The number of carbonyl (C=O) groups is 1. The first-order valence-electron chi connectivity index (χ1n) is 5.48. The number of hydrogen-bond acceptors (Lipinski definition) is 3. The Morgan fingerprint density at radius 2 is 2.06 bits per heavy atom. The SMILES string of the molecule is O=C(C(F)F)N1CCN(Cc2cccs2)CC1. The van der Waals surface area contributed by atoms with E-state index >= 15 is 0 Å². The Bertz CT molecular complexity index is 362. The van der Waals surface area contributed by atoms with E-state index in [2.05, 4.69) is 11.0 Å². The maximum atomic E-state index is 12.2. The van der Waals surface area contributed by atoms with Gasteiger partial charge in [-0.2, -0.15) is 8.78 Å². The minimum absolute atomic E-state index is 0.397. The van der Waals surface area contributed by atoms with Crippen LogP contribution in [0, 0.1) is 0 Å². The minimum Gasteiger partial charge on any atom is -0.335 e. The molecule has 0 radical (unpaired) electrons. The summed E-state index contributed by atoms with van der Waals surface area (Å²) in [7, 11) is 0. The molecule has 2 heterocycles. The van der Waals surface area contributed by atoms with Crippen LogP contribution in [0.1, 0.15) is 4.88 Å². The summed E-state index contributed by atoms with van der Waals surface area (Å²) in [6, 6.07) is 4.05. The van der Waals surface area contributed by atoms with E-state index in [1.54, 1.807) is 11.3 Å². The largest absolute Gasteiger partial charge is 0.335 e. The topological polar surface area (TPSA) is 23.6 Å². The van der Waals surface area contributed by atoms with Gasteiger partial charge in [0, 0.05) is 37.6 Å². The summed E-state index contributed by atoms with van der Waals surface area (Å²) >= 11 is 1.69. The van der Waals surface area contributed by atoms with Crippen molar-refractivity contribution in [3.05, 3.63) is 22.4 Å². The number of thiophene rings is 1. The summed E-state index contributed by atoms with van der Waals surface area (Å²) in [6.45, 7) is 2.96. The maximum absolute atomic E-state index is 12.2. The molecule has 6 heteroatoms. The molecule has 0 bridgehead atoms. The van der Waals surface area contributed by atoms with Crippen molar-refractivity contribution in [1.82, 2.24) is 9.80 Å². The van der Waals surface area contributed by atoms with Crippen LogP contribution in [0.25, 0.3) is 0 Å². The van der Waals surface area contributed by atoms with Gasteiger partial charge in [0.25, 0.3) is 5.91 Å². The number of alkyl halides is 2. The van der Waals surface area contributed by atoms with Gasteiger partial charge in [0.15, 0.2) is 0 Å². The number of carbonyl (C=O) groups excluding carboxylic acids is 1. The standard InChI is InChI=1S/C11H14F2N2OS/c12-10(13)11(16)15-5-3-14(4-6-15)8-9-2-1-7-17-9/h1-2,7,10H,3-6,8H2. The van der Waals surface area contributed by atoms with Crippen LogP contribution in [0.15, 0.2) is 17.5 Å². The highest BCUT2D eigenvalue weighted by atomic mass is 32.1. The summed E-state index contributed by atoms with van der Waals surface area (Å²) < 4.78 is 24.4. The van der Waals surface area contributed by atoms with Crippen molar-refractivity contribution in [2.45, 2.75) is 13.0 Å². The molecule has 2 rings (SSSR count). The first-order valence-corrected chi connectivity index (χ1v) is 6.36. The lowest BCUT2D eigenvalue weighted by molar-refractivity contribution is -0.144. The quantitative estimate of drug-likeness (QED) is 0.825. The Hall–Kier alpha value is -1.01. The summed E-state index contributed by atoms with van der Waals surface area (Å²) in [4.78, 5) is 15.8. The number of halogens is 2. The van der Waals surface area contributed by atoms with Gasteiger partial charge >= 0.3 is 6.43 Å². The van der Waals surface area contributed by atoms with Crippen molar-refractivity contribution >= 4 is 17.2 Å². The van der Waals surface area contributed by atoms with Crippen LogP contribution >= 0.6 is 11.3 Å². The van der Waals surface area contributed by atoms with Crippen molar-refractivity contribution in [1.29, 1.82) is 0 Å². The predicted molar refractivity (Wildman–Crippen MR) is 62.2 cm³/mol. The Kier molecular flexibility index (Phi) is 4.06. The second kappa shape index (κ2) is 5.55. The number of piperazine rings is 1. The fraction of sp³-hybridized carbons (Fsp3) is 0.545. The highest BCUT2D eigenvalue weighted by Gasteiger charge is 2.26. The van der Waals surface area contributed by atoms with Gasteiger partial charge in [-0.15, -0.1) is 11.3 Å². The maximum Gasteiger partial charge on any atom is 0.315 e. The fourth-order valence-electron chi connectivity index (χ4n) is 1.89. The van der Waals surface area contributed by atoms with Crippen LogP contribution in [0.4, 0.5) is 8.78 Å². The van der Waals surface area contributed by atoms with Gasteiger partial charge in [0.05, 0.1) is 0 Å². The van der Waals surface area contributed by atoms with Crippen LogP contribution in [0.2, 0.25) is 0 Å². The molecule has 1 aromatic heterocycles. The lowest BCUT2D eigenvalue weighted by Crippen LogP contribution is -2.49. The second-order valence-electron chi connectivity index (χ2n) is 3.98. The van der Waals surface area contributed by atoms with Gasteiger partial charge in [-0.3, -0.25) is 9.69 Å². The Morgan fingerprint density at radius 1 is 1.35 bits per heavy atom. The molecule has 1 fully saturated rings. The molecular formula is C11H14F2N2OS. The van der Waals surface area contributed by atoms with Gasteiger partial charge in [-0.25, -0.2) is 0 Å². The van der Waals surface area contributed by atoms with Crippen molar-refractivity contribution < 1.29 is 13.6 Å². The molecule has 1 aromatic rings. The van der Waals surface area contributed by atoms with Gasteiger partial charge < -0.3 is 4.90 Å². The molecule has 1 aliphatic heterocycles. The van der Waals surface area contributed by atoms with E-state index in [-0.39, 0.29) is 0 Å². The average molecular weight is 260 g/mol. The number of amides is 1. The van der Waals surface area contributed by atoms with Crippen molar-refractivity contribution in [3.8, 4) is 0 Å². The molecule has 0 aliphatic carbocycles. The Morgan fingerprint density at radius 3 is 2.59 bits per heavy atom. The molecule has 94 valence electrons. The molecule has 0 N–H and O–H groups in total. The van der Waals surface area contributed by atoms with Crippen molar-refractivity contribution in [2.24, 2.45) is 0 Å². The average Bonchev–Trinajstić information content (AvgIpc) is 2.82. The summed E-state index contributed by atoms with van der Waals surface area (Å²) in [5.74, 6) is -1.04. The summed E-state index contributed by atoms with van der Waals surface area (Å²) in [6.07, 6.45) is -2.88. The lowest BCUT2D eigenvalue weighted by Gasteiger charge is -2.34. The third-order valence-corrected chi connectivity index (χ3v) is 3.69. The zero-order valence-corrected chi connectivity index (χ0v) is 10.1. The molecule has 1 amide bonds. The molecule has 0 atom stereocenters. The van der Waals surface area contributed by atoms with Crippen LogP contribution in [0.3, 0.4) is 0 Å². The summed E-state index contributed by atoms with van der Waals surface area (Å²) in [5, 5.41) is 2.02.